The Morgan fingerprint density at radius 1 is 1.59 bits per heavy atom. The smallest absolute Gasteiger partial charge is 0.151 e. The second-order valence-corrected chi connectivity index (χ2v) is 6.19. The van der Waals surface area contributed by atoms with Crippen LogP contribution in [0.15, 0.2) is 12.3 Å². The lowest BCUT2D eigenvalue weighted by Gasteiger charge is -2.19. The summed E-state index contributed by atoms with van der Waals surface area (Å²) in [4.78, 5) is 12.1. The molecular weight excluding hydrogens is 232 g/mol. The first-order valence-corrected chi connectivity index (χ1v) is 7.40. The van der Waals surface area contributed by atoms with Gasteiger partial charge in [0.05, 0.1) is 17.4 Å². The molecule has 1 atom stereocenters. The SMILES string of the molecule is CC(C)n1ccc(CC(=O)C2CCCCS2)n1. The number of carbonyl (C=O) groups is 1. The van der Waals surface area contributed by atoms with Crippen LogP contribution in [0.4, 0.5) is 0 Å². The van der Waals surface area contributed by atoms with Gasteiger partial charge in [0, 0.05) is 12.2 Å². The summed E-state index contributed by atoms with van der Waals surface area (Å²) >= 11 is 1.82. The molecule has 1 saturated heterocycles. The summed E-state index contributed by atoms with van der Waals surface area (Å²) < 4.78 is 1.91. The molecule has 0 spiro atoms. The zero-order chi connectivity index (χ0) is 12.3. The topological polar surface area (TPSA) is 34.9 Å². The van der Waals surface area contributed by atoms with Crippen molar-refractivity contribution in [3.05, 3.63) is 18.0 Å². The van der Waals surface area contributed by atoms with Crippen LogP contribution >= 0.6 is 11.8 Å². The number of nitrogens with zero attached hydrogens (tertiary/aromatic N) is 2. The molecule has 1 aliphatic rings. The summed E-state index contributed by atoms with van der Waals surface area (Å²) in [5.74, 6) is 1.49. The number of rotatable bonds is 4. The van der Waals surface area contributed by atoms with Crippen LogP contribution in [0.1, 0.15) is 44.8 Å². The summed E-state index contributed by atoms with van der Waals surface area (Å²) in [6.07, 6.45) is 5.97. The Hall–Kier alpha value is -0.770. The van der Waals surface area contributed by atoms with Crippen molar-refractivity contribution in [1.82, 2.24) is 9.78 Å². The van der Waals surface area contributed by atoms with Crippen molar-refractivity contribution >= 4 is 17.5 Å². The lowest BCUT2D eigenvalue weighted by atomic mass is 10.1. The summed E-state index contributed by atoms with van der Waals surface area (Å²) in [6, 6.07) is 2.33. The van der Waals surface area contributed by atoms with E-state index in [2.05, 4.69) is 18.9 Å². The fourth-order valence-corrected chi connectivity index (χ4v) is 3.30. The molecule has 17 heavy (non-hydrogen) atoms. The lowest BCUT2D eigenvalue weighted by molar-refractivity contribution is -0.118. The number of thioether (sulfide) groups is 1. The fourth-order valence-electron chi connectivity index (χ4n) is 2.05. The third-order valence-electron chi connectivity index (χ3n) is 3.09. The largest absolute Gasteiger partial charge is 0.298 e. The monoisotopic (exact) mass is 252 g/mol. The minimum absolute atomic E-state index is 0.216. The molecule has 0 N–H and O–H groups in total. The molecule has 3 nitrogen and oxygen atoms in total. The Labute approximate surface area is 107 Å². The Balaban J connectivity index is 1.92. The van der Waals surface area contributed by atoms with Gasteiger partial charge in [0.15, 0.2) is 5.78 Å². The minimum Gasteiger partial charge on any atom is -0.298 e. The van der Waals surface area contributed by atoms with Crippen LogP contribution in [0.2, 0.25) is 0 Å². The van der Waals surface area contributed by atoms with E-state index in [9.17, 15) is 4.79 Å². The summed E-state index contributed by atoms with van der Waals surface area (Å²) in [5, 5.41) is 4.65. The van der Waals surface area contributed by atoms with E-state index in [0.29, 0.717) is 18.2 Å². The molecule has 0 amide bonds. The van der Waals surface area contributed by atoms with E-state index in [1.165, 1.54) is 12.8 Å². The van der Waals surface area contributed by atoms with Gasteiger partial charge in [-0.15, -0.1) is 0 Å². The van der Waals surface area contributed by atoms with Crippen molar-refractivity contribution in [3.63, 3.8) is 0 Å². The average Bonchev–Trinajstić information content (AvgIpc) is 2.79. The maximum absolute atomic E-state index is 12.1. The molecule has 1 aromatic heterocycles. The first kappa shape index (κ1) is 12.7. The zero-order valence-corrected chi connectivity index (χ0v) is 11.4. The van der Waals surface area contributed by atoms with Gasteiger partial charge in [0.2, 0.25) is 0 Å². The van der Waals surface area contributed by atoms with Crippen LogP contribution in [0.5, 0.6) is 0 Å². The Morgan fingerprint density at radius 2 is 2.41 bits per heavy atom. The highest BCUT2D eigenvalue weighted by Crippen LogP contribution is 2.26. The van der Waals surface area contributed by atoms with Gasteiger partial charge in [-0.3, -0.25) is 9.48 Å². The highest BCUT2D eigenvalue weighted by molar-refractivity contribution is 8.00. The lowest BCUT2D eigenvalue weighted by Crippen LogP contribution is -2.22. The molecule has 2 rings (SSSR count). The molecule has 0 bridgehead atoms. The second kappa shape index (κ2) is 5.71. The number of aromatic nitrogens is 2. The predicted molar refractivity (Wildman–Crippen MR) is 71.4 cm³/mol. The molecule has 1 aromatic rings. The van der Waals surface area contributed by atoms with Crippen LogP contribution in [0, 0.1) is 0 Å². The van der Waals surface area contributed by atoms with E-state index < -0.39 is 0 Å². The van der Waals surface area contributed by atoms with Gasteiger partial charge in [-0.2, -0.15) is 16.9 Å². The Bertz CT molecular complexity index is 381. The summed E-state index contributed by atoms with van der Waals surface area (Å²) in [7, 11) is 0. The molecule has 94 valence electrons. The average molecular weight is 252 g/mol. The summed E-state index contributed by atoms with van der Waals surface area (Å²) in [5.41, 5.74) is 0.912. The van der Waals surface area contributed by atoms with E-state index in [0.717, 1.165) is 17.9 Å². The molecule has 0 aromatic carbocycles. The number of ketones is 1. The molecule has 0 saturated carbocycles. The predicted octanol–water partition coefficient (Wildman–Crippen LogP) is 2.86. The van der Waals surface area contributed by atoms with Crippen molar-refractivity contribution in [2.24, 2.45) is 0 Å². The highest BCUT2D eigenvalue weighted by atomic mass is 32.2. The second-order valence-electron chi connectivity index (χ2n) is 4.88. The zero-order valence-electron chi connectivity index (χ0n) is 10.6. The van der Waals surface area contributed by atoms with Gasteiger partial charge in [-0.05, 0) is 38.5 Å². The van der Waals surface area contributed by atoms with Gasteiger partial charge in [-0.1, -0.05) is 6.42 Å². The molecule has 1 fully saturated rings. The molecule has 0 radical (unpaired) electrons. The van der Waals surface area contributed by atoms with Crippen molar-refractivity contribution in [3.8, 4) is 0 Å². The van der Waals surface area contributed by atoms with E-state index in [1.807, 2.05) is 28.7 Å². The normalized spacial score (nSPS) is 20.8. The van der Waals surface area contributed by atoms with Crippen molar-refractivity contribution < 1.29 is 4.79 Å². The first-order valence-electron chi connectivity index (χ1n) is 6.35. The van der Waals surface area contributed by atoms with Crippen LogP contribution in [-0.2, 0) is 11.2 Å². The van der Waals surface area contributed by atoms with Crippen LogP contribution < -0.4 is 0 Å². The van der Waals surface area contributed by atoms with Gasteiger partial charge in [-0.25, -0.2) is 0 Å². The number of Topliss-reactive ketones (excluding diaryl/α,β-unsaturated/α-hetero) is 1. The molecule has 1 aliphatic heterocycles. The van der Waals surface area contributed by atoms with E-state index >= 15 is 0 Å². The van der Waals surface area contributed by atoms with Crippen LogP contribution in [0.25, 0.3) is 0 Å². The van der Waals surface area contributed by atoms with Gasteiger partial charge < -0.3 is 0 Å². The third kappa shape index (κ3) is 3.35. The minimum atomic E-state index is 0.216. The third-order valence-corrected chi connectivity index (χ3v) is 4.51. The number of carbonyl (C=O) groups excluding carboxylic acids is 1. The quantitative estimate of drug-likeness (QED) is 0.826. The van der Waals surface area contributed by atoms with Crippen LogP contribution in [0.3, 0.4) is 0 Å². The van der Waals surface area contributed by atoms with E-state index in [1.54, 1.807) is 0 Å². The van der Waals surface area contributed by atoms with Crippen molar-refractivity contribution in [2.75, 3.05) is 5.75 Å². The van der Waals surface area contributed by atoms with Gasteiger partial charge in [0.25, 0.3) is 0 Å². The fraction of sp³-hybridized carbons (Fsp3) is 0.692. The standard InChI is InChI=1S/C13H20N2OS/c1-10(2)15-7-6-11(14-15)9-12(16)13-5-3-4-8-17-13/h6-7,10,13H,3-5,8-9H2,1-2H3. The van der Waals surface area contributed by atoms with E-state index in [4.69, 9.17) is 0 Å². The van der Waals surface area contributed by atoms with Gasteiger partial charge >= 0.3 is 0 Å². The maximum atomic E-state index is 12.1. The molecular formula is C13H20N2OS. The number of hydrogen-bond acceptors (Lipinski definition) is 3. The van der Waals surface area contributed by atoms with Crippen molar-refractivity contribution in [2.45, 2.75) is 50.8 Å². The van der Waals surface area contributed by atoms with Gasteiger partial charge in [0.1, 0.15) is 0 Å². The molecule has 4 heteroatoms. The van der Waals surface area contributed by atoms with Crippen molar-refractivity contribution in [1.29, 1.82) is 0 Å². The molecule has 0 aliphatic carbocycles. The highest BCUT2D eigenvalue weighted by Gasteiger charge is 2.22. The summed E-state index contributed by atoms with van der Waals surface area (Å²) in [6.45, 7) is 4.19. The first-order chi connectivity index (χ1) is 8.16. The Morgan fingerprint density at radius 3 is 3.00 bits per heavy atom. The number of hydrogen-bond donors (Lipinski definition) is 0. The molecule has 2 heterocycles. The van der Waals surface area contributed by atoms with Crippen LogP contribution in [-0.4, -0.2) is 26.6 Å². The maximum Gasteiger partial charge on any atom is 0.151 e. The molecule has 1 unspecified atom stereocenters. The van der Waals surface area contributed by atoms with E-state index in [-0.39, 0.29) is 5.25 Å². The Kier molecular flexibility index (Phi) is 4.26.